The zero-order valence-corrected chi connectivity index (χ0v) is 11.1. The highest BCUT2D eigenvalue weighted by Crippen LogP contribution is 2.02. The van der Waals surface area contributed by atoms with Crippen LogP contribution in [0.4, 0.5) is 0 Å². The SMILES string of the molecule is N[C@@H](CCC(=O)OC(=O)[C@@H](N)CCC(=O)O)C(=O)C=NO. The molecule has 10 heteroatoms. The van der Waals surface area contributed by atoms with E-state index in [1.807, 2.05) is 0 Å². The summed E-state index contributed by atoms with van der Waals surface area (Å²) >= 11 is 0. The van der Waals surface area contributed by atoms with Crippen molar-refractivity contribution >= 4 is 29.9 Å². The Balaban J connectivity index is 4.11. The van der Waals surface area contributed by atoms with Gasteiger partial charge in [0.2, 0.25) is 0 Å². The van der Waals surface area contributed by atoms with E-state index in [1.165, 1.54) is 0 Å². The zero-order valence-electron chi connectivity index (χ0n) is 11.1. The average Bonchev–Trinajstić information content (AvgIpc) is 2.42. The number of carboxylic acids is 1. The van der Waals surface area contributed by atoms with Crippen LogP contribution in [0.1, 0.15) is 25.7 Å². The van der Waals surface area contributed by atoms with Gasteiger partial charge >= 0.3 is 17.9 Å². The van der Waals surface area contributed by atoms with Crippen molar-refractivity contribution in [1.82, 2.24) is 0 Å². The second kappa shape index (κ2) is 9.55. The molecule has 2 atom stereocenters. The van der Waals surface area contributed by atoms with E-state index in [0.717, 1.165) is 0 Å². The normalized spacial score (nSPS) is 13.6. The first-order valence-corrected chi connectivity index (χ1v) is 5.96. The van der Waals surface area contributed by atoms with E-state index < -0.39 is 35.8 Å². The molecule has 0 aromatic rings. The van der Waals surface area contributed by atoms with Gasteiger partial charge in [0.1, 0.15) is 12.3 Å². The molecule has 118 valence electrons. The van der Waals surface area contributed by atoms with Gasteiger partial charge in [-0.25, -0.2) is 4.79 Å². The number of Topliss-reactive ketones (excluding diaryl/α,β-unsaturated/α-hetero) is 1. The number of ether oxygens (including phenoxy) is 1. The Morgan fingerprint density at radius 3 is 2.19 bits per heavy atom. The quantitative estimate of drug-likeness (QED) is 0.128. The molecule has 6 N–H and O–H groups in total. The van der Waals surface area contributed by atoms with Crippen LogP contribution in [0.25, 0.3) is 0 Å². The number of nitrogens with two attached hydrogens (primary N) is 2. The fraction of sp³-hybridized carbons (Fsp3) is 0.545. The summed E-state index contributed by atoms with van der Waals surface area (Å²) in [5.74, 6) is -3.79. The van der Waals surface area contributed by atoms with Crippen molar-refractivity contribution in [2.75, 3.05) is 0 Å². The number of ketones is 1. The lowest BCUT2D eigenvalue weighted by molar-refractivity contribution is -0.160. The Morgan fingerprint density at radius 2 is 1.67 bits per heavy atom. The van der Waals surface area contributed by atoms with Crippen molar-refractivity contribution in [2.24, 2.45) is 16.6 Å². The Hall–Kier alpha value is -2.33. The summed E-state index contributed by atoms with van der Waals surface area (Å²) in [5, 5.41) is 19.1. The van der Waals surface area contributed by atoms with Crippen LogP contribution in [0.15, 0.2) is 5.16 Å². The lowest BCUT2D eigenvalue weighted by Gasteiger charge is -2.10. The van der Waals surface area contributed by atoms with Gasteiger partial charge in [-0.05, 0) is 12.8 Å². The van der Waals surface area contributed by atoms with Crippen molar-refractivity contribution in [3.05, 3.63) is 0 Å². The molecule has 10 nitrogen and oxygen atoms in total. The second-order valence-electron chi connectivity index (χ2n) is 4.12. The molecule has 0 heterocycles. The largest absolute Gasteiger partial charge is 0.481 e. The molecule has 0 fully saturated rings. The molecule has 0 saturated heterocycles. The smallest absolute Gasteiger partial charge is 0.330 e. The molecule has 0 rings (SSSR count). The van der Waals surface area contributed by atoms with Gasteiger partial charge in [-0.3, -0.25) is 14.4 Å². The molecular formula is C11H17N3O7. The van der Waals surface area contributed by atoms with Crippen LogP contribution in [0, 0.1) is 0 Å². The maximum atomic E-state index is 11.3. The maximum absolute atomic E-state index is 11.3. The lowest BCUT2D eigenvalue weighted by atomic mass is 10.1. The van der Waals surface area contributed by atoms with Crippen LogP contribution in [-0.2, 0) is 23.9 Å². The van der Waals surface area contributed by atoms with Crippen LogP contribution < -0.4 is 11.5 Å². The standard InChI is InChI=1S/C11H17N3O7/c12-6(8(15)5-14-20)2-4-10(18)21-11(19)7(13)1-3-9(16)17/h5-7,20H,1-4,12-13H2,(H,16,17)/t6-,7-/m0/s1. The van der Waals surface area contributed by atoms with Crippen LogP contribution in [0.5, 0.6) is 0 Å². The molecule has 0 aromatic heterocycles. The van der Waals surface area contributed by atoms with Crippen LogP contribution in [0.3, 0.4) is 0 Å². The molecule has 0 aromatic carbocycles. The Kier molecular flexibility index (Phi) is 8.49. The Morgan fingerprint density at radius 1 is 1.10 bits per heavy atom. The third-order valence-electron chi connectivity index (χ3n) is 2.40. The predicted octanol–water partition coefficient (Wildman–Crippen LogP) is -1.62. The minimum absolute atomic E-state index is 0.110. The molecule has 0 aliphatic carbocycles. The van der Waals surface area contributed by atoms with E-state index in [-0.39, 0.29) is 25.7 Å². The minimum Gasteiger partial charge on any atom is -0.481 e. The van der Waals surface area contributed by atoms with E-state index in [0.29, 0.717) is 6.21 Å². The van der Waals surface area contributed by atoms with Crippen molar-refractivity contribution in [3.8, 4) is 0 Å². The molecule has 21 heavy (non-hydrogen) atoms. The molecule has 0 radical (unpaired) electrons. The van der Waals surface area contributed by atoms with Gasteiger partial charge in [-0.2, -0.15) is 0 Å². The zero-order chi connectivity index (χ0) is 16.4. The molecule has 0 spiro atoms. The van der Waals surface area contributed by atoms with Crippen LogP contribution >= 0.6 is 0 Å². The molecule has 0 amide bonds. The van der Waals surface area contributed by atoms with E-state index in [9.17, 15) is 19.2 Å². The monoisotopic (exact) mass is 303 g/mol. The molecule has 0 saturated carbocycles. The third-order valence-corrected chi connectivity index (χ3v) is 2.40. The summed E-state index contributed by atoms with van der Waals surface area (Å²) in [6.45, 7) is 0. The number of oxime groups is 1. The number of nitrogens with zero attached hydrogens (tertiary/aromatic N) is 1. The molecule has 0 aliphatic heterocycles. The molecular weight excluding hydrogens is 286 g/mol. The average molecular weight is 303 g/mol. The van der Waals surface area contributed by atoms with Gasteiger partial charge in [-0.15, -0.1) is 0 Å². The summed E-state index contributed by atoms with van der Waals surface area (Å²) in [5.41, 5.74) is 10.7. The summed E-state index contributed by atoms with van der Waals surface area (Å²) < 4.78 is 4.39. The first kappa shape index (κ1) is 18.7. The van der Waals surface area contributed by atoms with Gasteiger partial charge in [0, 0.05) is 12.8 Å². The summed E-state index contributed by atoms with van der Waals surface area (Å²) in [4.78, 5) is 44.1. The van der Waals surface area contributed by atoms with Gasteiger partial charge in [0.15, 0.2) is 5.78 Å². The minimum atomic E-state index is -1.22. The first-order valence-electron chi connectivity index (χ1n) is 5.96. The summed E-state index contributed by atoms with van der Waals surface area (Å²) in [6.07, 6.45) is -0.315. The fourth-order valence-electron chi connectivity index (χ4n) is 1.20. The fourth-order valence-corrected chi connectivity index (χ4v) is 1.20. The number of esters is 2. The third kappa shape index (κ3) is 8.44. The van der Waals surface area contributed by atoms with E-state index in [2.05, 4.69) is 9.89 Å². The predicted molar refractivity (Wildman–Crippen MR) is 68.4 cm³/mol. The number of carboxylic acid groups (broad SMARTS) is 1. The van der Waals surface area contributed by atoms with Crippen molar-refractivity contribution in [3.63, 3.8) is 0 Å². The summed E-state index contributed by atoms with van der Waals surface area (Å²) in [6, 6.07) is -2.29. The van der Waals surface area contributed by atoms with Crippen LogP contribution in [0.2, 0.25) is 0 Å². The molecule has 0 unspecified atom stereocenters. The summed E-state index contributed by atoms with van der Waals surface area (Å²) in [7, 11) is 0. The maximum Gasteiger partial charge on any atom is 0.330 e. The Bertz CT molecular complexity index is 436. The van der Waals surface area contributed by atoms with Crippen molar-refractivity contribution in [2.45, 2.75) is 37.8 Å². The van der Waals surface area contributed by atoms with Crippen molar-refractivity contribution in [1.29, 1.82) is 0 Å². The van der Waals surface area contributed by atoms with Crippen molar-refractivity contribution < 1.29 is 34.2 Å². The number of aliphatic carboxylic acids is 1. The van der Waals surface area contributed by atoms with E-state index in [4.69, 9.17) is 21.8 Å². The van der Waals surface area contributed by atoms with Gasteiger partial charge in [0.25, 0.3) is 0 Å². The number of hydrogen-bond donors (Lipinski definition) is 4. The highest BCUT2D eigenvalue weighted by molar-refractivity contribution is 6.29. The second-order valence-corrected chi connectivity index (χ2v) is 4.12. The van der Waals surface area contributed by atoms with Gasteiger partial charge in [0.05, 0.1) is 6.04 Å². The number of carbonyl (C=O) groups is 4. The number of carbonyl (C=O) groups excluding carboxylic acids is 3. The topological polar surface area (TPSA) is 182 Å². The molecule has 0 aliphatic rings. The lowest BCUT2D eigenvalue weighted by Crippen LogP contribution is -2.35. The van der Waals surface area contributed by atoms with E-state index >= 15 is 0 Å². The highest BCUT2D eigenvalue weighted by atomic mass is 16.6. The number of rotatable bonds is 9. The highest BCUT2D eigenvalue weighted by Gasteiger charge is 2.21. The van der Waals surface area contributed by atoms with E-state index in [1.54, 1.807) is 0 Å². The van der Waals surface area contributed by atoms with Gasteiger partial charge in [-0.1, -0.05) is 5.16 Å². The van der Waals surface area contributed by atoms with Gasteiger partial charge < -0.3 is 26.5 Å². The molecule has 0 bridgehead atoms. The number of hydrogen-bond acceptors (Lipinski definition) is 9. The first-order chi connectivity index (χ1) is 9.77. The Labute approximate surface area is 119 Å². The van der Waals surface area contributed by atoms with Crippen LogP contribution in [-0.4, -0.2) is 52.3 Å².